The van der Waals surface area contributed by atoms with Crippen LogP contribution in [0.15, 0.2) is 30.3 Å². The lowest BCUT2D eigenvalue weighted by molar-refractivity contribution is 0.0754. The number of aliphatic hydroxyl groups excluding tert-OH is 2. The Morgan fingerprint density at radius 1 is 1.20 bits per heavy atom. The molecule has 1 atom stereocenters. The van der Waals surface area contributed by atoms with Gasteiger partial charge in [-0.15, -0.1) is 11.3 Å². The van der Waals surface area contributed by atoms with Gasteiger partial charge in [0.2, 0.25) is 0 Å². The van der Waals surface area contributed by atoms with Crippen LogP contribution in [-0.2, 0) is 0 Å². The fraction of sp³-hybridized carbons (Fsp3) is 0.375. The summed E-state index contributed by atoms with van der Waals surface area (Å²) in [6, 6.07) is 10.3. The molecule has 1 unspecified atom stereocenters. The topological polar surface area (TPSA) is 49.7 Å². The van der Waals surface area contributed by atoms with Gasteiger partial charge in [-0.2, -0.15) is 0 Å². The zero-order valence-electron chi connectivity index (χ0n) is 11.8. The van der Waals surface area contributed by atoms with Crippen LogP contribution in [0.5, 0.6) is 5.75 Å². The molecule has 108 valence electrons. The van der Waals surface area contributed by atoms with Crippen LogP contribution in [0.2, 0.25) is 0 Å². The van der Waals surface area contributed by atoms with E-state index in [1.54, 1.807) is 11.3 Å². The monoisotopic (exact) mass is 292 g/mol. The molecule has 1 aromatic heterocycles. The molecule has 0 bridgehead atoms. The Morgan fingerprint density at radius 3 is 2.60 bits per heavy atom. The second-order valence-corrected chi connectivity index (χ2v) is 6.15. The van der Waals surface area contributed by atoms with Gasteiger partial charge in [0.25, 0.3) is 0 Å². The molecule has 20 heavy (non-hydrogen) atoms. The number of benzene rings is 1. The van der Waals surface area contributed by atoms with Gasteiger partial charge in [-0.3, -0.25) is 0 Å². The van der Waals surface area contributed by atoms with Gasteiger partial charge in [-0.05, 0) is 55.3 Å². The molecule has 0 fully saturated rings. The number of rotatable bonds is 6. The van der Waals surface area contributed by atoms with E-state index in [2.05, 4.69) is 32.0 Å². The van der Waals surface area contributed by atoms with Gasteiger partial charge in [0.15, 0.2) is 0 Å². The predicted molar refractivity (Wildman–Crippen MR) is 82.4 cm³/mol. The summed E-state index contributed by atoms with van der Waals surface area (Å²) in [4.78, 5) is 2.57. The molecule has 0 spiro atoms. The van der Waals surface area contributed by atoms with Gasteiger partial charge < -0.3 is 14.9 Å². The standard InChI is InChI=1S/C16H20O3S/c1-11-9-14(19-8-7-13(18)10-17)4-5-15(11)16-6-3-12(2)20-16/h3-6,9,13,17-18H,7-8,10H2,1-2H3. The highest BCUT2D eigenvalue weighted by Crippen LogP contribution is 2.32. The van der Waals surface area contributed by atoms with E-state index < -0.39 is 6.10 Å². The van der Waals surface area contributed by atoms with E-state index in [1.165, 1.54) is 20.9 Å². The summed E-state index contributed by atoms with van der Waals surface area (Å²) in [7, 11) is 0. The fourth-order valence-corrected chi connectivity index (χ4v) is 2.94. The van der Waals surface area contributed by atoms with E-state index in [1.807, 2.05) is 12.1 Å². The van der Waals surface area contributed by atoms with Gasteiger partial charge in [-0.25, -0.2) is 0 Å². The Labute approximate surface area is 123 Å². The normalized spacial score (nSPS) is 12.4. The SMILES string of the molecule is Cc1ccc(-c2ccc(OCCC(O)CO)cc2C)s1. The zero-order chi connectivity index (χ0) is 14.5. The summed E-state index contributed by atoms with van der Waals surface area (Å²) >= 11 is 1.78. The summed E-state index contributed by atoms with van der Waals surface area (Å²) in [6.45, 7) is 4.35. The molecule has 0 amide bonds. The minimum Gasteiger partial charge on any atom is -0.493 e. The first kappa shape index (κ1) is 15.0. The lowest BCUT2D eigenvalue weighted by Crippen LogP contribution is -2.15. The molecule has 1 aromatic carbocycles. The summed E-state index contributed by atoms with van der Waals surface area (Å²) in [6.07, 6.45) is -0.272. The molecule has 4 heteroatoms. The minimum atomic E-state index is -0.704. The van der Waals surface area contributed by atoms with E-state index >= 15 is 0 Å². The largest absolute Gasteiger partial charge is 0.493 e. The molecule has 2 rings (SSSR count). The predicted octanol–water partition coefficient (Wildman–Crippen LogP) is 3.15. The highest BCUT2D eigenvalue weighted by Gasteiger charge is 2.07. The second-order valence-electron chi connectivity index (χ2n) is 4.86. The molecule has 0 saturated heterocycles. The van der Waals surface area contributed by atoms with Gasteiger partial charge in [0.1, 0.15) is 5.75 Å². The van der Waals surface area contributed by atoms with Crippen LogP contribution in [0.3, 0.4) is 0 Å². The summed E-state index contributed by atoms with van der Waals surface area (Å²) in [5.74, 6) is 0.796. The van der Waals surface area contributed by atoms with Crippen molar-refractivity contribution in [2.75, 3.05) is 13.2 Å². The molecule has 0 radical (unpaired) electrons. The first-order chi connectivity index (χ1) is 9.60. The highest BCUT2D eigenvalue weighted by atomic mass is 32.1. The number of thiophene rings is 1. The van der Waals surface area contributed by atoms with Crippen molar-refractivity contribution >= 4 is 11.3 Å². The number of hydrogen-bond donors (Lipinski definition) is 2. The van der Waals surface area contributed by atoms with Crippen molar-refractivity contribution in [3.05, 3.63) is 40.8 Å². The van der Waals surface area contributed by atoms with E-state index in [0.717, 1.165) is 5.75 Å². The van der Waals surface area contributed by atoms with Gasteiger partial charge >= 0.3 is 0 Å². The fourth-order valence-electron chi connectivity index (χ4n) is 1.99. The third kappa shape index (κ3) is 3.82. The van der Waals surface area contributed by atoms with E-state index in [-0.39, 0.29) is 6.61 Å². The Hall–Kier alpha value is -1.36. The number of aliphatic hydroxyl groups is 2. The van der Waals surface area contributed by atoms with Crippen molar-refractivity contribution in [1.82, 2.24) is 0 Å². The lowest BCUT2D eigenvalue weighted by atomic mass is 10.1. The summed E-state index contributed by atoms with van der Waals surface area (Å²) in [5.41, 5.74) is 2.40. The maximum atomic E-state index is 9.26. The first-order valence-corrected chi connectivity index (χ1v) is 7.51. The maximum absolute atomic E-state index is 9.26. The van der Waals surface area contributed by atoms with E-state index in [4.69, 9.17) is 9.84 Å². The van der Waals surface area contributed by atoms with Crippen LogP contribution < -0.4 is 4.74 Å². The minimum absolute atomic E-state index is 0.223. The molecule has 0 aliphatic rings. The van der Waals surface area contributed by atoms with Crippen molar-refractivity contribution in [3.63, 3.8) is 0 Å². The lowest BCUT2D eigenvalue weighted by Gasteiger charge is -2.11. The van der Waals surface area contributed by atoms with Crippen LogP contribution >= 0.6 is 11.3 Å². The maximum Gasteiger partial charge on any atom is 0.119 e. The van der Waals surface area contributed by atoms with Gasteiger partial charge in [-0.1, -0.05) is 0 Å². The highest BCUT2D eigenvalue weighted by molar-refractivity contribution is 7.15. The van der Waals surface area contributed by atoms with Crippen LogP contribution in [0.25, 0.3) is 10.4 Å². The van der Waals surface area contributed by atoms with Crippen molar-refractivity contribution in [1.29, 1.82) is 0 Å². The number of ether oxygens (including phenoxy) is 1. The molecule has 0 aliphatic carbocycles. The quantitative estimate of drug-likeness (QED) is 0.860. The Morgan fingerprint density at radius 2 is 2.00 bits per heavy atom. The Balaban J connectivity index is 2.02. The van der Waals surface area contributed by atoms with E-state index in [9.17, 15) is 5.11 Å². The number of hydrogen-bond acceptors (Lipinski definition) is 4. The average Bonchev–Trinajstić information content (AvgIpc) is 2.85. The van der Waals surface area contributed by atoms with Crippen LogP contribution in [0, 0.1) is 13.8 Å². The molecule has 2 N–H and O–H groups in total. The molecular formula is C16H20O3S. The van der Waals surface area contributed by atoms with Crippen molar-refractivity contribution in [2.24, 2.45) is 0 Å². The third-order valence-electron chi connectivity index (χ3n) is 3.13. The smallest absolute Gasteiger partial charge is 0.119 e. The average molecular weight is 292 g/mol. The van der Waals surface area contributed by atoms with E-state index in [0.29, 0.717) is 13.0 Å². The molecule has 2 aromatic rings. The van der Waals surface area contributed by atoms with Crippen LogP contribution in [0.4, 0.5) is 0 Å². The van der Waals surface area contributed by atoms with Crippen molar-refractivity contribution in [2.45, 2.75) is 26.4 Å². The van der Waals surface area contributed by atoms with Crippen molar-refractivity contribution in [3.8, 4) is 16.2 Å². The molecule has 0 aliphatic heterocycles. The van der Waals surface area contributed by atoms with Crippen LogP contribution in [0.1, 0.15) is 16.9 Å². The Bertz CT molecular complexity index is 563. The van der Waals surface area contributed by atoms with Gasteiger partial charge in [0.05, 0.1) is 19.3 Å². The molecule has 0 saturated carbocycles. The second kappa shape index (κ2) is 6.88. The van der Waals surface area contributed by atoms with Crippen molar-refractivity contribution < 1.29 is 14.9 Å². The molecule has 3 nitrogen and oxygen atoms in total. The molecular weight excluding hydrogens is 272 g/mol. The zero-order valence-corrected chi connectivity index (χ0v) is 12.6. The third-order valence-corrected chi connectivity index (χ3v) is 4.17. The van der Waals surface area contributed by atoms with Gasteiger partial charge in [0, 0.05) is 16.2 Å². The first-order valence-electron chi connectivity index (χ1n) is 6.69. The summed E-state index contributed by atoms with van der Waals surface area (Å²) in [5, 5.41) is 18.0. The van der Waals surface area contributed by atoms with Crippen LogP contribution in [-0.4, -0.2) is 29.5 Å². The summed E-state index contributed by atoms with van der Waals surface area (Å²) < 4.78 is 5.59. The Kier molecular flexibility index (Phi) is 5.17. The number of aryl methyl sites for hydroxylation is 2. The molecule has 1 heterocycles.